The van der Waals surface area contributed by atoms with Crippen LogP contribution in [0.25, 0.3) is 0 Å². The van der Waals surface area contributed by atoms with Gasteiger partial charge in [-0.2, -0.15) is 0 Å². The number of rotatable bonds is 4. The first kappa shape index (κ1) is 22.1. The van der Waals surface area contributed by atoms with Crippen LogP contribution in [0.1, 0.15) is 29.9 Å². The number of hydrogen-bond donors (Lipinski definition) is 1. The van der Waals surface area contributed by atoms with E-state index < -0.39 is 5.41 Å². The predicted molar refractivity (Wildman–Crippen MR) is 119 cm³/mol. The molecule has 2 aliphatic rings. The second-order valence-electron chi connectivity index (χ2n) is 7.92. The third-order valence-electron chi connectivity index (χ3n) is 6.41. The zero-order valence-electron chi connectivity index (χ0n) is 16.4. The van der Waals surface area contributed by atoms with Gasteiger partial charge in [-0.25, -0.2) is 0 Å². The average molecular weight is 435 g/mol. The van der Waals surface area contributed by atoms with Gasteiger partial charge >= 0.3 is 0 Å². The number of hydrogen-bond acceptors (Lipinski definition) is 3. The molecule has 0 radical (unpaired) electrons. The van der Waals surface area contributed by atoms with E-state index in [4.69, 9.17) is 22.1 Å². The molecule has 1 amide bonds. The molecular weight excluding hydrogens is 407 g/mol. The summed E-state index contributed by atoms with van der Waals surface area (Å²) in [6.07, 6.45) is 1.40. The summed E-state index contributed by atoms with van der Waals surface area (Å²) in [5, 5.41) is 0.687. The van der Waals surface area contributed by atoms with E-state index in [1.807, 2.05) is 35.2 Å². The first-order valence-corrected chi connectivity index (χ1v) is 10.4. The van der Waals surface area contributed by atoms with Gasteiger partial charge in [0.15, 0.2) is 0 Å². The Morgan fingerprint density at radius 2 is 1.72 bits per heavy atom. The van der Waals surface area contributed by atoms with Crippen LogP contribution in [0.15, 0.2) is 54.6 Å². The Labute approximate surface area is 183 Å². The summed E-state index contributed by atoms with van der Waals surface area (Å²) < 4.78 is 5.60. The minimum Gasteiger partial charge on any atom is -0.381 e. The normalized spacial score (nSPS) is 23.4. The molecule has 2 fully saturated rings. The smallest absolute Gasteiger partial charge is 0.233 e. The molecule has 4 rings (SSSR count). The van der Waals surface area contributed by atoms with Crippen LogP contribution in [0, 0.1) is 5.92 Å². The van der Waals surface area contributed by atoms with E-state index >= 15 is 0 Å². The van der Waals surface area contributed by atoms with Crippen molar-refractivity contribution in [1.29, 1.82) is 0 Å². The third-order valence-corrected chi connectivity index (χ3v) is 6.66. The molecule has 0 bridgehead atoms. The lowest BCUT2D eigenvalue weighted by atomic mass is 9.73. The fourth-order valence-electron chi connectivity index (χ4n) is 4.77. The topological polar surface area (TPSA) is 55.6 Å². The highest BCUT2D eigenvalue weighted by Crippen LogP contribution is 2.40. The van der Waals surface area contributed by atoms with Gasteiger partial charge < -0.3 is 15.4 Å². The van der Waals surface area contributed by atoms with Gasteiger partial charge in [0.1, 0.15) is 0 Å². The first-order chi connectivity index (χ1) is 13.6. The molecule has 0 unspecified atom stereocenters. The van der Waals surface area contributed by atoms with E-state index in [1.165, 1.54) is 5.56 Å². The van der Waals surface area contributed by atoms with Gasteiger partial charge in [0.05, 0.1) is 5.41 Å². The largest absolute Gasteiger partial charge is 0.381 e. The molecule has 2 aromatic carbocycles. The number of ether oxygens (including phenoxy) is 1. The number of nitrogens with two attached hydrogens (primary N) is 1. The van der Waals surface area contributed by atoms with E-state index in [9.17, 15) is 4.79 Å². The molecule has 2 heterocycles. The van der Waals surface area contributed by atoms with Crippen LogP contribution < -0.4 is 5.73 Å². The monoisotopic (exact) mass is 434 g/mol. The maximum atomic E-state index is 13.8. The summed E-state index contributed by atoms with van der Waals surface area (Å²) in [5.41, 5.74) is 7.86. The minimum absolute atomic E-state index is 0. The molecule has 0 aromatic heterocycles. The Kier molecular flexibility index (Phi) is 7.23. The quantitative estimate of drug-likeness (QED) is 0.790. The molecule has 2 saturated heterocycles. The Morgan fingerprint density at radius 1 is 1.07 bits per heavy atom. The predicted octanol–water partition coefficient (Wildman–Crippen LogP) is 4.01. The second kappa shape index (κ2) is 9.48. The standard InChI is InChI=1S/C23H27ClN2O2.ClH/c24-20-8-6-19(7-9-20)23(10-12-28-13-11-23)22(27)26-15-18(14-25)21(16-26)17-4-2-1-3-5-17;/h1-9,18,21H,10-16,25H2;1H/t18-,21+;/m1./s1. The number of halogens is 2. The van der Waals surface area contributed by atoms with Crippen LogP contribution in [0.3, 0.4) is 0 Å². The van der Waals surface area contributed by atoms with Crippen molar-refractivity contribution >= 4 is 29.9 Å². The van der Waals surface area contributed by atoms with Gasteiger partial charge in [-0.05, 0) is 48.6 Å². The van der Waals surface area contributed by atoms with E-state index in [0.717, 1.165) is 12.1 Å². The molecule has 2 aromatic rings. The highest BCUT2D eigenvalue weighted by atomic mass is 35.5. The van der Waals surface area contributed by atoms with Crippen LogP contribution in [0.2, 0.25) is 5.02 Å². The summed E-state index contributed by atoms with van der Waals surface area (Å²) in [6.45, 7) is 3.22. The average Bonchev–Trinajstić information content (AvgIpc) is 3.19. The van der Waals surface area contributed by atoms with Crippen molar-refractivity contribution in [2.45, 2.75) is 24.2 Å². The molecule has 0 spiro atoms. The summed E-state index contributed by atoms with van der Waals surface area (Å²) >= 11 is 6.09. The molecule has 0 saturated carbocycles. The maximum Gasteiger partial charge on any atom is 0.233 e. The van der Waals surface area contributed by atoms with Crippen molar-refractivity contribution in [3.63, 3.8) is 0 Å². The van der Waals surface area contributed by atoms with Gasteiger partial charge in [-0.3, -0.25) is 4.79 Å². The zero-order chi connectivity index (χ0) is 19.6. The molecule has 0 aliphatic carbocycles. The fourth-order valence-corrected chi connectivity index (χ4v) is 4.90. The maximum absolute atomic E-state index is 13.8. The molecule has 2 N–H and O–H groups in total. The van der Waals surface area contributed by atoms with Crippen molar-refractivity contribution in [2.75, 3.05) is 32.8 Å². The van der Waals surface area contributed by atoms with Crippen molar-refractivity contribution in [2.24, 2.45) is 11.7 Å². The van der Waals surface area contributed by atoms with Crippen LogP contribution in [-0.4, -0.2) is 43.7 Å². The lowest BCUT2D eigenvalue weighted by molar-refractivity contribution is -0.140. The number of likely N-dealkylation sites (tertiary alicyclic amines) is 1. The summed E-state index contributed by atoms with van der Waals surface area (Å²) in [6, 6.07) is 18.2. The number of carbonyl (C=O) groups is 1. The molecular formula is C23H28Cl2N2O2. The Balaban J connectivity index is 0.00000240. The van der Waals surface area contributed by atoms with E-state index in [1.54, 1.807) is 0 Å². The Hall–Kier alpha value is -1.59. The van der Waals surface area contributed by atoms with E-state index in [0.29, 0.717) is 44.2 Å². The zero-order valence-corrected chi connectivity index (χ0v) is 18.0. The highest BCUT2D eigenvalue weighted by Gasteiger charge is 2.47. The van der Waals surface area contributed by atoms with Crippen LogP contribution in [-0.2, 0) is 14.9 Å². The van der Waals surface area contributed by atoms with Gasteiger partial charge in [0.2, 0.25) is 5.91 Å². The lowest BCUT2D eigenvalue weighted by Gasteiger charge is -2.39. The Morgan fingerprint density at radius 3 is 2.34 bits per heavy atom. The molecule has 29 heavy (non-hydrogen) atoms. The summed E-state index contributed by atoms with van der Waals surface area (Å²) in [4.78, 5) is 15.9. The molecule has 2 aliphatic heterocycles. The Bertz CT molecular complexity index is 807. The van der Waals surface area contributed by atoms with Gasteiger partial charge in [-0.15, -0.1) is 12.4 Å². The molecule has 6 heteroatoms. The number of benzene rings is 2. The van der Waals surface area contributed by atoms with E-state index in [-0.39, 0.29) is 30.2 Å². The van der Waals surface area contributed by atoms with Gasteiger partial charge in [0.25, 0.3) is 0 Å². The van der Waals surface area contributed by atoms with Crippen molar-refractivity contribution < 1.29 is 9.53 Å². The molecule has 4 nitrogen and oxygen atoms in total. The fraction of sp³-hybridized carbons (Fsp3) is 0.435. The van der Waals surface area contributed by atoms with Crippen molar-refractivity contribution in [1.82, 2.24) is 4.90 Å². The van der Waals surface area contributed by atoms with Crippen molar-refractivity contribution in [3.8, 4) is 0 Å². The third kappa shape index (κ3) is 4.31. The molecule has 2 atom stereocenters. The SMILES string of the molecule is Cl.NC[C@@H]1CN(C(=O)C2(c3ccc(Cl)cc3)CCOCC2)C[C@H]1c1ccccc1. The van der Waals surface area contributed by atoms with Crippen LogP contribution in [0.4, 0.5) is 0 Å². The summed E-state index contributed by atoms with van der Waals surface area (Å²) in [7, 11) is 0. The van der Waals surface area contributed by atoms with Crippen molar-refractivity contribution in [3.05, 3.63) is 70.7 Å². The minimum atomic E-state index is -0.534. The number of carbonyl (C=O) groups excluding carboxylic acids is 1. The van der Waals surface area contributed by atoms with Crippen LogP contribution >= 0.6 is 24.0 Å². The van der Waals surface area contributed by atoms with Gasteiger partial charge in [0, 0.05) is 37.2 Å². The first-order valence-electron chi connectivity index (χ1n) is 10.0. The lowest BCUT2D eigenvalue weighted by Crippen LogP contribution is -2.49. The van der Waals surface area contributed by atoms with Gasteiger partial charge in [-0.1, -0.05) is 54.1 Å². The number of nitrogens with zero attached hydrogens (tertiary/aromatic N) is 1. The number of amides is 1. The second-order valence-corrected chi connectivity index (χ2v) is 8.36. The van der Waals surface area contributed by atoms with E-state index in [2.05, 4.69) is 24.3 Å². The highest BCUT2D eigenvalue weighted by molar-refractivity contribution is 6.30. The molecule has 156 valence electrons. The van der Waals surface area contributed by atoms with Crippen LogP contribution in [0.5, 0.6) is 0 Å². The summed E-state index contributed by atoms with van der Waals surface area (Å²) in [5.74, 6) is 0.778.